The van der Waals surface area contributed by atoms with Crippen LogP contribution >= 0.6 is 0 Å². The third kappa shape index (κ3) is 2.54. The van der Waals surface area contributed by atoms with E-state index < -0.39 is 0 Å². The van der Waals surface area contributed by atoms with Crippen LogP contribution < -0.4 is 5.32 Å². The summed E-state index contributed by atoms with van der Waals surface area (Å²) in [6, 6.07) is 3.97. The van der Waals surface area contributed by atoms with Crippen molar-refractivity contribution in [3.8, 4) is 0 Å². The van der Waals surface area contributed by atoms with Crippen molar-refractivity contribution in [2.75, 3.05) is 11.9 Å². The second-order valence-corrected chi connectivity index (χ2v) is 4.46. The molecule has 1 N–H and O–H groups in total. The molecule has 0 spiro atoms. The number of anilines is 1. The number of nitrogens with one attached hydrogen (secondary N) is 1. The van der Waals surface area contributed by atoms with Crippen molar-refractivity contribution in [2.45, 2.75) is 13.3 Å². The third-order valence-electron chi connectivity index (χ3n) is 2.76. The molecule has 0 fully saturated rings. The Morgan fingerprint density at radius 2 is 2.16 bits per heavy atom. The van der Waals surface area contributed by atoms with Crippen LogP contribution in [0.2, 0.25) is 0 Å². The van der Waals surface area contributed by atoms with Crippen molar-refractivity contribution in [3.63, 3.8) is 0 Å². The maximum Gasteiger partial charge on any atom is 0.243 e. The first-order chi connectivity index (χ1) is 9.20. The van der Waals surface area contributed by atoms with Gasteiger partial charge in [0.1, 0.15) is 6.33 Å². The fourth-order valence-corrected chi connectivity index (χ4v) is 1.85. The standard InChI is InChI=1S/C12H15N7/c1-9-3-4-11-15-12(17-19(11)7-9)13-6-5-10-14-8-18(2)16-10/h3-4,7-8H,5-6H2,1-2H3,(H,13,17). The molecule has 3 aromatic rings. The Labute approximate surface area is 110 Å². The molecule has 98 valence electrons. The SMILES string of the molecule is Cc1ccc2nc(NCCc3ncn(C)n3)nn2c1. The van der Waals surface area contributed by atoms with Crippen LogP contribution in [0, 0.1) is 6.92 Å². The summed E-state index contributed by atoms with van der Waals surface area (Å²) in [5.41, 5.74) is 1.99. The molecule has 0 atom stereocenters. The molecule has 7 nitrogen and oxygen atoms in total. The van der Waals surface area contributed by atoms with Crippen molar-refractivity contribution in [1.82, 2.24) is 29.4 Å². The van der Waals surface area contributed by atoms with Gasteiger partial charge in [0.2, 0.25) is 5.95 Å². The molecule has 19 heavy (non-hydrogen) atoms. The van der Waals surface area contributed by atoms with Gasteiger partial charge in [-0.05, 0) is 18.6 Å². The summed E-state index contributed by atoms with van der Waals surface area (Å²) in [5, 5.41) is 11.8. The van der Waals surface area contributed by atoms with E-state index in [1.54, 1.807) is 15.5 Å². The number of hydrogen-bond acceptors (Lipinski definition) is 5. The number of rotatable bonds is 4. The van der Waals surface area contributed by atoms with Gasteiger partial charge in [0.15, 0.2) is 11.5 Å². The summed E-state index contributed by atoms with van der Waals surface area (Å²) in [5.74, 6) is 1.44. The predicted octanol–water partition coefficient (Wildman–Crippen LogP) is 0.821. The molecule has 7 heteroatoms. The number of aryl methyl sites for hydroxylation is 2. The lowest BCUT2D eigenvalue weighted by Gasteiger charge is -1.97. The Bertz CT molecular complexity index is 697. The van der Waals surface area contributed by atoms with Crippen LogP contribution in [-0.4, -0.2) is 35.9 Å². The Balaban J connectivity index is 1.65. The maximum absolute atomic E-state index is 4.38. The minimum Gasteiger partial charge on any atom is -0.352 e. The molecule has 0 bridgehead atoms. The summed E-state index contributed by atoms with van der Waals surface area (Å²) in [7, 11) is 1.86. The van der Waals surface area contributed by atoms with Gasteiger partial charge in [0.05, 0.1) is 0 Å². The van der Waals surface area contributed by atoms with E-state index in [1.807, 2.05) is 32.3 Å². The number of hydrogen-bond donors (Lipinski definition) is 1. The summed E-state index contributed by atoms with van der Waals surface area (Å²) in [6.07, 6.45) is 4.39. The Kier molecular flexibility index (Phi) is 2.86. The predicted molar refractivity (Wildman–Crippen MR) is 70.9 cm³/mol. The molecule has 3 heterocycles. The summed E-state index contributed by atoms with van der Waals surface area (Å²) >= 11 is 0. The molecule has 3 aromatic heterocycles. The van der Waals surface area contributed by atoms with Crippen molar-refractivity contribution in [2.24, 2.45) is 7.05 Å². The van der Waals surface area contributed by atoms with Crippen molar-refractivity contribution in [1.29, 1.82) is 0 Å². The van der Waals surface area contributed by atoms with Crippen molar-refractivity contribution < 1.29 is 0 Å². The smallest absolute Gasteiger partial charge is 0.243 e. The minimum absolute atomic E-state index is 0.626. The van der Waals surface area contributed by atoms with Crippen LogP contribution in [0.15, 0.2) is 24.7 Å². The van der Waals surface area contributed by atoms with E-state index >= 15 is 0 Å². The van der Waals surface area contributed by atoms with Crippen LogP contribution in [0.5, 0.6) is 0 Å². The zero-order valence-corrected chi connectivity index (χ0v) is 10.9. The highest BCUT2D eigenvalue weighted by molar-refractivity contribution is 5.44. The molecule has 0 aliphatic rings. The highest BCUT2D eigenvalue weighted by atomic mass is 15.3. The van der Waals surface area contributed by atoms with Crippen molar-refractivity contribution in [3.05, 3.63) is 36.0 Å². The topological polar surface area (TPSA) is 72.9 Å². The lowest BCUT2D eigenvalue weighted by molar-refractivity contribution is 0.741. The van der Waals surface area contributed by atoms with Crippen molar-refractivity contribution >= 4 is 11.6 Å². The minimum atomic E-state index is 0.626. The number of fused-ring (bicyclic) bond motifs is 1. The zero-order chi connectivity index (χ0) is 13.2. The first-order valence-corrected chi connectivity index (χ1v) is 6.12. The first-order valence-electron chi connectivity index (χ1n) is 6.12. The molecular weight excluding hydrogens is 242 g/mol. The van der Waals surface area contributed by atoms with E-state index in [4.69, 9.17) is 0 Å². The van der Waals surface area contributed by atoms with Gasteiger partial charge in [-0.25, -0.2) is 9.50 Å². The fourth-order valence-electron chi connectivity index (χ4n) is 1.85. The van der Waals surface area contributed by atoms with Gasteiger partial charge in [-0.15, -0.1) is 5.10 Å². The van der Waals surface area contributed by atoms with Crippen LogP contribution in [0.25, 0.3) is 5.65 Å². The molecule has 0 amide bonds. The van der Waals surface area contributed by atoms with Gasteiger partial charge in [-0.2, -0.15) is 10.1 Å². The maximum atomic E-state index is 4.38. The number of pyridine rings is 1. The first kappa shape index (κ1) is 11.6. The highest BCUT2D eigenvalue weighted by Crippen LogP contribution is 2.06. The highest BCUT2D eigenvalue weighted by Gasteiger charge is 2.04. The second-order valence-electron chi connectivity index (χ2n) is 4.46. The van der Waals surface area contributed by atoms with E-state index in [1.165, 1.54) is 0 Å². The Hall–Kier alpha value is -2.44. The van der Waals surface area contributed by atoms with E-state index in [0.717, 1.165) is 23.5 Å². The number of aromatic nitrogens is 6. The molecule has 0 unspecified atom stereocenters. The Morgan fingerprint density at radius 1 is 1.26 bits per heavy atom. The molecule has 0 aromatic carbocycles. The van der Waals surface area contributed by atoms with Crippen LogP contribution in [-0.2, 0) is 13.5 Å². The molecule has 0 saturated heterocycles. The molecule has 0 saturated carbocycles. The summed E-state index contributed by atoms with van der Waals surface area (Å²) in [6.45, 7) is 2.74. The largest absolute Gasteiger partial charge is 0.352 e. The Morgan fingerprint density at radius 3 is 2.95 bits per heavy atom. The van der Waals surface area contributed by atoms with Gasteiger partial charge in [-0.1, -0.05) is 6.07 Å². The van der Waals surface area contributed by atoms with Gasteiger partial charge in [0.25, 0.3) is 0 Å². The molecule has 3 rings (SSSR count). The second kappa shape index (κ2) is 4.68. The third-order valence-corrected chi connectivity index (χ3v) is 2.76. The lowest BCUT2D eigenvalue weighted by Crippen LogP contribution is -2.07. The molecule has 0 aliphatic heterocycles. The fraction of sp³-hybridized carbons (Fsp3) is 0.333. The van der Waals surface area contributed by atoms with Gasteiger partial charge >= 0.3 is 0 Å². The zero-order valence-electron chi connectivity index (χ0n) is 10.9. The summed E-state index contributed by atoms with van der Waals surface area (Å²) < 4.78 is 3.47. The molecule has 0 aliphatic carbocycles. The quantitative estimate of drug-likeness (QED) is 0.749. The van der Waals surface area contributed by atoms with E-state index in [9.17, 15) is 0 Å². The van der Waals surface area contributed by atoms with E-state index in [0.29, 0.717) is 12.5 Å². The lowest BCUT2D eigenvalue weighted by atomic mass is 10.3. The monoisotopic (exact) mass is 257 g/mol. The average Bonchev–Trinajstić information content (AvgIpc) is 2.95. The van der Waals surface area contributed by atoms with Crippen LogP contribution in [0.1, 0.15) is 11.4 Å². The van der Waals surface area contributed by atoms with E-state index in [2.05, 4.69) is 25.5 Å². The van der Waals surface area contributed by atoms with Crippen LogP contribution in [0.3, 0.4) is 0 Å². The van der Waals surface area contributed by atoms with Gasteiger partial charge in [-0.3, -0.25) is 4.68 Å². The van der Waals surface area contributed by atoms with E-state index in [-0.39, 0.29) is 0 Å². The molecular formula is C12H15N7. The average molecular weight is 257 g/mol. The number of nitrogens with zero attached hydrogens (tertiary/aromatic N) is 6. The molecule has 0 radical (unpaired) electrons. The summed E-state index contributed by atoms with van der Waals surface area (Å²) in [4.78, 5) is 8.55. The normalized spacial score (nSPS) is 11.1. The van der Waals surface area contributed by atoms with Gasteiger partial charge in [0, 0.05) is 26.2 Å². The van der Waals surface area contributed by atoms with Crippen LogP contribution in [0.4, 0.5) is 5.95 Å². The van der Waals surface area contributed by atoms with Gasteiger partial charge < -0.3 is 5.32 Å².